The van der Waals surface area contributed by atoms with Crippen LogP contribution in [0.2, 0.25) is 0 Å². The van der Waals surface area contributed by atoms with Crippen LogP contribution in [-0.2, 0) is 4.79 Å². The van der Waals surface area contributed by atoms with Crippen LogP contribution < -0.4 is 10.6 Å². The minimum atomic E-state index is -0.709. The van der Waals surface area contributed by atoms with Gasteiger partial charge in [0.25, 0.3) is 0 Å². The molecule has 0 aromatic heterocycles. The van der Waals surface area contributed by atoms with Crippen molar-refractivity contribution in [1.29, 1.82) is 0 Å². The lowest BCUT2D eigenvalue weighted by molar-refractivity contribution is -0.142. The van der Waals surface area contributed by atoms with Crippen LogP contribution in [0.15, 0.2) is 0 Å². The van der Waals surface area contributed by atoms with Crippen molar-refractivity contribution in [1.82, 2.24) is 10.6 Å². The van der Waals surface area contributed by atoms with E-state index in [2.05, 4.69) is 24.5 Å². The van der Waals surface area contributed by atoms with Gasteiger partial charge in [-0.15, -0.1) is 0 Å². The molecule has 0 radical (unpaired) electrons. The lowest BCUT2D eigenvalue weighted by Gasteiger charge is -2.27. The topological polar surface area (TPSA) is 78.4 Å². The first kappa shape index (κ1) is 17.8. The first-order valence-corrected chi connectivity index (χ1v) is 8.33. The van der Waals surface area contributed by atoms with Crippen molar-refractivity contribution in [2.75, 3.05) is 6.54 Å². The molecular formula is C16H30N2O3. The van der Waals surface area contributed by atoms with Crippen LogP contribution in [0.5, 0.6) is 0 Å². The normalized spacial score (nSPS) is 23.3. The number of carbonyl (C=O) groups excluding carboxylic acids is 1. The Morgan fingerprint density at radius 3 is 2.38 bits per heavy atom. The molecule has 0 bridgehead atoms. The SMILES string of the molecule is CCCCC(CC)CNC(=O)NC1CCC(C(=O)O)CC1. The predicted octanol–water partition coefficient (Wildman–Crippen LogP) is 3.15. The number of hydrogen-bond acceptors (Lipinski definition) is 2. The third kappa shape index (κ3) is 6.82. The fourth-order valence-electron chi connectivity index (χ4n) is 2.90. The summed E-state index contributed by atoms with van der Waals surface area (Å²) in [7, 11) is 0. The molecular weight excluding hydrogens is 268 g/mol. The summed E-state index contributed by atoms with van der Waals surface area (Å²) in [6.07, 6.45) is 7.50. The molecule has 1 atom stereocenters. The second kappa shape index (κ2) is 9.64. The van der Waals surface area contributed by atoms with Gasteiger partial charge in [0.2, 0.25) is 0 Å². The second-order valence-electron chi connectivity index (χ2n) is 6.16. The van der Waals surface area contributed by atoms with E-state index in [0.29, 0.717) is 18.8 Å². The van der Waals surface area contributed by atoms with E-state index >= 15 is 0 Å². The van der Waals surface area contributed by atoms with E-state index in [9.17, 15) is 9.59 Å². The Morgan fingerprint density at radius 2 is 1.86 bits per heavy atom. The van der Waals surface area contributed by atoms with Gasteiger partial charge in [0.15, 0.2) is 0 Å². The predicted molar refractivity (Wildman–Crippen MR) is 83.2 cm³/mol. The molecule has 5 heteroatoms. The summed E-state index contributed by atoms with van der Waals surface area (Å²) in [5, 5.41) is 14.9. The molecule has 1 unspecified atom stereocenters. The van der Waals surface area contributed by atoms with E-state index in [4.69, 9.17) is 5.11 Å². The third-order valence-electron chi connectivity index (χ3n) is 4.51. The molecule has 0 aliphatic heterocycles. The Bertz CT molecular complexity index is 325. The number of unbranched alkanes of at least 4 members (excludes halogenated alkanes) is 1. The molecule has 0 aromatic carbocycles. The van der Waals surface area contributed by atoms with Crippen molar-refractivity contribution >= 4 is 12.0 Å². The first-order chi connectivity index (χ1) is 10.1. The molecule has 21 heavy (non-hydrogen) atoms. The smallest absolute Gasteiger partial charge is 0.315 e. The Hall–Kier alpha value is -1.26. The summed E-state index contributed by atoms with van der Waals surface area (Å²) >= 11 is 0. The van der Waals surface area contributed by atoms with Crippen LogP contribution in [0, 0.1) is 11.8 Å². The molecule has 1 aliphatic rings. The lowest BCUT2D eigenvalue weighted by atomic mass is 9.86. The molecule has 0 spiro atoms. The first-order valence-electron chi connectivity index (χ1n) is 8.33. The molecule has 0 saturated heterocycles. The number of amides is 2. The Morgan fingerprint density at radius 1 is 1.19 bits per heavy atom. The maximum absolute atomic E-state index is 11.9. The summed E-state index contributed by atoms with van der Waals surface area (Å²) in [5.74, 6) is -0.386. The van der Waals surface area contributed by atoms with Crippen molar-refractivity contribution in [3.63, 3.8) is 0 Å². The van der Waals surface area contributed by atoms with E-state index in [1.54, 1.807) is 0 Å². The van der Waals surface area contributed by atoms with Crippen molar-refractivity contribution in [3.05, 3.63) is 0 Å². The van der Waals surface area contributed by atoms with Crippen molar-refractivity contribution in [2.45, 2.75) is 71.3 Å². The van der Waals surface area contributed by atoms with Crippen LogP contribution >= 0.6 is 0 Å². The molecule has 1 saturated carbocycles. The van der Waals surface area contributed by atoms with Gasteiger partial charge in [-0.3, -0.25) is 4.79 Å². The minimum Gasteiger partial charge on any atom is -0.481 e. The number of rotatable bonds is 8. The summed E-state index contributed by atoms with van der Waals surface area (Å²) < 4.78 is 0. The highest BCUT2D eigenvalue weighted by atomic mass is 16.4. The van der Waals surface area contributed by atoms with E-state index in [0.717, 1.165) is 32.2 Å². The van der Waals surface area contributed by atoms with E-state index in [-0.39, 0.29) is 18.0 Å². The summed E-state index contributed by atoms with van der Waals surface area (Å²) in [6, 6.07) is 0.0139. The number of aliphatic carboxylic acids is 1. The standard InChI is InChI=1S/C16H30N2O3/c1-3-5-6-12(4-2)11-17-16(21)18-14-9-7-13(8-10-14)15(19)20/h12-14H,3-11H2,1-2H3,(H,19,20)(H2,17,18,21). The summed E-state index contributed by atoms with van der Waals surface area (Å²) in [6.45, 7) is 5.07. The second-order valence-corrected chi connectivity index (χ2v) is 6.16. The molecule has 0 heterocycles. The molecule has 1 fully saturated rings. The molecule has 1 rings (SSSR count). The third-order valence-corrected chi connectivity index (χ3v) is 4.51. The quantitative estimate of drug-likeness (QED) is 0.644. The average molecular weight is 298 g/mol. The van der Waals surface area contributed by atoms with Crippen LogP contribution in [0.4, 0.5) is 4.79 Å². The maximum Gasteiger partial charge on any atom is 0.315 e. The minimum absolute atomic E-state index is 0.108. The molecule has 2 amide bonds. The zero-order valence-electron chi connectivity index (χ0n) is 13.4. The summed E-state index contributed by atoms with van der Waals surface area (Å²) in [5.41, 5.74) is 0. The van der Waals surface area contributed by atoms with Crippen molar-refractivity contribution in [3.8, 4) is 0 Å². The number of nitrogens with one attached hydrogen (secondary N) is 2. The van der Waals surface area contributed by atoms with Gasteiger partial charge in [-0.2, -0.15) is 0 Å². The van der Waals surface area contributed by atoms with Gasteiger partial charge < -0.3 is 15.7 Å². The molecule has 5 nitrogen and oxygen atoms in total. The van der Waals surface area contributed by atoms with E-state index < -0.39 is 5.97 Å². The highest BCUT2D eigenvalue weighted by molar-refractivity contribution is 5.74. The highest BCUT2D eigenvalue weighted by Gasteiger charge is 2.26. The van der Waals surface area contributed by atoms with Gasteiger partial charge in [-0.25, -0.2) is 4.79 Å². The number of urea groups is 1. The van der Waals surface area contributed by atoms with E-state index in [1.165, 1.54) is 12.8 Å². The monoisotopic (exact) mass is 298 g/mol. The molecule has 122 valence electrons. The van der Waals surface area contributed by atoms with Crippen LogP contribution in [0.1, 0.15) is 65.2 Å². The van der Waals surface area contributed by atoms with Gasteiger partial charge in [0.05, 0.1) is 5.92 Å². The number of carboxylic acid groups (broad SMARTS) is 1. The lowest BCUT2D eigenvalue weighted by Crippen LogP contribution is -2.45. The van der Waals surface area contributed by atoms with Crippen molar-refractivity contribution < 1.29 is 14.7 Å². The average Bonchev–Trinajstić information content (AvgIpc) is 2.48. The molecule has 0 aromatic rings. The van der Waals surface area contributed by atoms with Crippen LogP contribution in [0.25, 0.3) is 0 Å². The summed E-state index contributed by atoms with van der Waals surface area (Å²) in [4.78, 5) is 22.8. The zero-order chi connectivity index (χ0) is 15.7. The van der Waals surface area contributed by atoms with E-state index in [1.807, 2.05) is 0 Å². The van der Waals surface area contributed by atoms with Crippen LogP contribution in [0.3, 0.4) is 0 Å². The molecule has 3 N–H and O–H groups in total. The van der Waals surface area contributed by atoms with Gasteiger partial charge in [0, 0.05) is 12.6 Å². The fraction of sp³-hybridized carbons (Fsp3) is 0.875. The number of carboxylic acids is 1. The Kier molecular flexibility index (Phi) is 8.16. The Labute approximate surface area is 127 Å². The largest absolute Gasteiger partial charge is 0.481 e. The molecule has 1 aliphatic carbocycles. The maximum atomic E-state index is 11.9. The number of carbonyl (C=O) groups is 2. The number of hydrogen-bond donors (Lipinski definition) is 3. The Balaban J connectivity index is 2.20. The van der Waals surface area contributed by atoms with Crippen molar-refractivity contribution in [2.24, 2.45) is 11.8 Å². The van der Waals surface area contributed by atoms with Gasteiger partial charge in [-0.05, 0) is 38.0 Å². The highest BCUT2D eigenvalue weighted by Crippen LogP contribution is 2.24. The fourth-order valence-corrected chi connectivity index (χ4v) is 2.90. The van der Waals surface area contributed by atoms with Crippen LogP contribution in [-0.4, -0.2) is 29.7 Å². The van der Waals surface area contributed by atoms with Gasteiger partial charge in [0.1, 0.15) is 0 Å². The zero-order valence-corrected chi connectivity index (χ0v) is 13.4. The van der Waals surface area contributed by atoms with Gasteiger partial charge >= 0.3 is 12.0 Å². The van der Waals surface area contributed by atoms with Gasteiger partial charge in [-0.1, -0.05) is 33.1 Å².